The molecule has 0 rings (SSSR count). The highest BCUT2D eigenvalue weighted by atomic mass is 31.1. The molecule has 0 aromatic rings. The summed E-state index contributed by atoms with van der Waals surface area (Å²) in [6, 6.07) is 0. The van der Waals surface area contributed by atoms with Crippen LogP contribution in [0.3, 0.4) is 0 Å². The second-order valence-corrected chi connectivity index (χ2v) is 3.19. The summed E-state index contributed by atoms with van der Waals surface area (Å²) in [6.07, 6.45) is 4.79. The first kappa shape index (κ1) is 11.1. The molecule has 1 atom stereocenters. The number of unbranched alkanes of at least 4 members (excludes halogenated alkanes) is 1. The van der Waals surface area contributed by atoms with Crippen LogP contribution in [0.5, 0.6) is 0 Å². The summed E-state index contributed by atoms with van der Waals surface area (Å²) in [5.41, 5.74) is 0. The van der Waals surface area contributed by atoms with Gasteiger partial charge in [0.15, 0.2) is 0 Å². The second-order valence-electron chi connectivity index (χ2n) is 2.79. The van der Waals surface area contributed by atoms with Gasteiger partial charge in [0.1, 0.15) is 0 Å². The van der Waals surface area contributed by atoms with Gasteiger partial charge in [0, 0.05) is 0 Å². The Kier molecular flexibility index (Phi) is 8.20. The molecule has 0 aliphatic rings. The molecule has 0 aliphatic carbocycles. The molecular weight excluding hydrogens is 159 g/mol. The van der Waals surface area contributed by atoms with Crippen LogP contribution >= 0.6 is 8.69 Å². The topological polar surface area (TPSA) is 26.3 Å². The Morgan fingerprint density at radius 3 is 2.64 bits per heavy atom. The average Bonchev–Trinajstić information content (AvgIpc) is 2.05. The van der Waals surface area contributed by atoms with Gasteiger partial charge in [0.2, 0.25) is 0 Å². The van der Waals surface area contributed by atoms with Gasteiger partial charge in [0.05, 0.1) is 6.61 Å². The molecule has 3 heteroatoms. The molecule has 0 spiro atoms. The third kappa shape index (κ3) is 6.46. The maximum atomic E-state index is 9.97. The van der Waals surface area contributed by atoms with Crippen molar-refractivity contribution in [1.82, 2.24) is 0 Å². The van der Waals surface area contributed by atoms with Crippen LogP contribution in [0, 0.1) is 5.92 Å². The van der Waals surface area contributed by atoms with Gasteiger partial charge < -0.3 is 0 Å². The molecule has 2 nitrogen and oxygen atoms in total. The first-order chi connectivity index (χ1) is 5.35. The normalized spacial score (nSPS) is 13.6. The van der Waals surface area contributed by atoms with Crippen molar-refractivity contribution in [1.29, 1.82) is 0 Å². The van der Waals surface area contributed by atoms with E-state index >= 15 is 0 Å². The molecular formula is C8H17O2P. The van der Waals surface area contributed by atoms with Crippen LogP contribution in [-0.2, 0) is 9.09 Å². The third-order valence-corrected chi connectivity index (χ3v) is 2.16. The Hall–Kier alpha value is 0.0600. The van der Waals surface area contributed by atoms with E-state index in [1.54, 1.807) is 0 Å². The van der Waals surface area contributed by atoms with E-state index in [2.05, 4.69) is 13.8 Å². The van der Waals surface area contributed by atoms with E-state index in [9.17, 15) is 4.57 Å². The molecule has 0 aromatic heterocycles. The lowest BCUT2D eigenvalue weighted by molar-refractivity contribution is 0.251. The summed E-state index contributed by atoms with van der Waals surface area (Å²) in [5.74, 6) is 0.594. The quantitative estimate of drug-likeness (QED) is 0.555. The van der Waals surface area contributed by atoms with Crippen molar-refractivity contribution in [3.8, 4) is 0 Å². The van der Waals surface area contributed by atoms with Crippen LogP contribution in [0.25, 0.3) is 0 Å². The first-order valence-corrected chi connectivity index (χ1v) is 5.02. The predicted molar refractivity (Wildman–Crippen MR) is 46.9 cm³/mol. The van der Waals surface area contributed by atoms with Crippen molar-refractivity contribution in [2.75, 3.05) is 6.61 Å². The van der Waals surface area contributed by atoms with E-state index in [0.29, 0.717) is 12.5 Å². The van der Waals surface area contributed by atoms with Crippen LogP contribution in [0.2, 0.25) is 0 Å². The minimum atomic E-state index is -0.181. The summed E-state index contributed by atoms with van der Waals surface area (Å²) in [6.45, 7) is 4.96. The lowest BCUT2D eigenvalue weighted by atomic mass is 10.0. The first-order valence-electron chi connectivity index (χ1n) is 4.29. The van der Waals surface area contributed by atoms with Crippen LogP contribution < -0.4 is 0 Å². The van der Waals surface area contributed by atoms with Gasteiger partial charge >= 0.3 is 8.69 Å². The summed E-state index contributed by atoms with van der Waals surface area (Å²) in [7, 11) is -0.181. The van der Waals surface area contributed by atoms with Gasteiger partial charge in [-0.15, -0.1) is 0 Å². The Bertz CT molecular complexity index is 96.1. The van der Waals surface area contributed by atoms with Gasteiger partial charge in [-0.3, -0.25) is 4.52 Å². The summed E-state index contributed by atoms with van der Waals surface area (Å²) < 4.78 is 14.8. The third-order valence-electron chi connectivity index (χ3n) is 1.91. The maximum Gasteiger partial charge on any atom is 0.327 e. The zero-order chi connectivity index (χ0) is 8.53. The molecule has 0 saturated heterocycles. The summed E-state index contributed by atoms with van der Waals surface area (Å²) >= 11 is 0. The second kappa shape index (κ2) is 8.16. The Balaban J connectivity index is 3.32. The van der Waals surface area contributed by atoms with Crippen molar-refractivity contribution < 1.29 is 9.09 Å². The number of hydrogen-bond acceptors (Lipinski definition) is 2. The van der Waals surface area contributed by atoms with Gasteiger partial charge in [-0.2, -0.15) is 0 Å². The minimum Gasteiger partial charge on any atom is -0.294 e. The smallest absolute Gasteiger partial charge is 0.294 e. The highest BCUT2D eigenvalue weighted by molar-refractivity contribution is 7.17. The molecule has 66 valence electrons. The molecule has 0 aromatic carbocycles. The van der Waals surface area contributed by atoms with Crippen molar-refractivity contribution >= 4 is 8.69 Å². The Morgan fingerprint density at radius 1 is 1.45 bits per heavy atom. The molecule has 0 bridgehead atoms. The number of rotatable bonds is 7. The SMILES string of the molecule is CCCCC(CC)COP=O. The molecule has 0 amide bonds. The van der Waals surface area contributed by atoms with Crippen molar-refractivity contribution in [2.24, 2.45) is 5.92 Å². The van der Waals surface area contributed by atoms with Crippen molar-refractivity contribution in [3.63, 3.8) is 0 Å². The van der Waals surface area contributed by atoms with Crippen LogP contribution in [0.15, 0.2) is 0 Å². The summed E-state index contributed by atoms with van der Waals surface area (Å²) in [4.78, 5) is 0. The fourth-order valence-electron chi connectivity index (χ4n) is 1.03. The van der Waals surface area contributed by atoms with Crippen molar-refractivity contribution in [2.45, 2.75) is 39.5 Å². The van der Waals surface area contributed by atoms with E-state index in [1.165, 1.54) is 19.3 Å². The Morgan fingerprint density at radius 2 is 2.18 bits per heavy atom. The largest absolute Gasteiger partial charge is 0.327 e. The van der Waals surface area contributed by atoms with E-state index in [0.717, 1.165) is 6.42 Å². The minimum absolute atomic E-state index is 0.181. The molecule has 1 unspecified atom stereocenters. The molecule has 0 radical (unpaired) electrons. The molecule has 0 heterocycles. The number of hydrogen-bond donors (Lipinski definition) is 0. The molecule has 0 saturated carbocycles. The fourth-order valence-corrected chi connectivity index (χ4v) is 1.31. The van der Waals surface area contributed by atoms with Crippen LogP contribution in [0.1, 0.15) is 39.5 Å². The highest BCUT2D eigenvalue weighted by Gasteiger charge is 2.04. The highest BCUT2D eigenvalue weighted by Crippen LogP contribution is 2.14. The fraction of sp³-hybridized carbons (Fsp3) is 1.00. The molecule has 0 N–H and O–H groups in total. The predicted octanol–water partition coefficient (Wildman–Crippen LogP) is 3.43. The van der Waals surface area contributed by atoms with E-state index < -0.39 is 0 Å². The zero-order valence-electron chi connectivity index (χ0n) is 7.38. The molecule has 0 fully saturated rings. The van der Waals surface area contributed by atoms with Gasteiger partial charge in [-0.1, -0.05) is 33.1 Å². The lowest BCUT2D eigenvalue weighted by Gasteiger charge is -2.10. The van der Waals surface area contributed by atoms with E-state index in [1.807, 2.05) is 0 Å². The standard InChI is InChI=1S/C8H17O2P/c1-3-5-6-8(4-2)7-10-11-9/h8H,3-7H2,1-2H3. The zero-order valence-corrected chi connectivity index (χ0v) is 8.27. The monoisotopic (exact) mass is 176 g/mol. The van der Waals surface area contributed by atoms with Gasteiger partial charge in [-0.25, -0.2) is 4.57 Å². The summed E-state index contributed by atoms with van der Waals surface area (Å²) in [5, 5.41) is 0. The maximum absolute atomic E-state index is 9.97. The van der Waals surface area contributed by atoms with E-state index in [4.69, 9.17) is 4.52 Å². The lowest BCUT2D eigenvalue weighted by Crippen LogP contribution is -2.04. The van der Waals surface area contributed by atoms with Crippen LogP contribution in [0.4, 0.5) is 0 Å². The van der Waals surface area contributed by atoms with Crippen LogP contribution in [-0.4, -0.2) is 6.61 Å². The van der Waals surface area contributed by atoms with Crippen molar-refractivity contribution in [3.05, 3.63) is 0 Å². The molecule has 0 aliphatic heterocycles. The van der Waals surface area contributed by atoms with E-state index in [-0.39, 0.29) is 8.69 Å². The average molecular weight is 176 g/mol. The molecule has 11 heavy (non-hydrogen) atoms. The van der Waals surface area contributed by atoms with Gasteiger partial charge in [0.25, 0.3) is 0 Å². The Labute approximate surface area is 70.6 Å². The van der Waals surface area contributed by atoms with Gasteiger partial charge in [-0.05, 0) is 12.3 Å².